The van der Waals surface area contributed by atoms with E-state index < -0.39 is 0 Å². The lowest BCUT2D eigenvalue weighted by Gasteiger charge is -2.33. The molecule has 3 heteroatoms. The summed E-state index contributed by atoms with van der Waals surface area (Å²) in [6.07, 6.45) is 6.79. The van der Waals surface area contributed by atoms with E-state index in [1.165, 1.54) is 37.8 Å². The zero-order valence-electron chi connectivity index (χ0n) is 10.3. The molecular weight excluding hydrogens is 298 g/mol. The van der Waals surface area contributed by atoms with Crippen molar-refractivity contribution < 1.29 is 0 Å². The van der Waals surface area contributed by atoms with Crippen LogP contribution in [0.1, 0.15) is 37.7 Å². The molecule has 0 unspecified atom stereocenters. The van der Waals surface area contributed by atoms with Crippen molar-refractivity contribution in [3.05, 3.63) is 28.2 Å². The lowest BCUT2D eigenvalue weighted by molar-refractivity contribution is 0.427. The summed E-state index contributed by atoms with van der Waals surface area (Å²) in [4.78, 5) is 2.42. The molecule has 0 bridgehead atoms. The first-order valence-corrected chi connectivity index (χ1v) is 7.62. The Morgan fingerprint density at radius 3 is 2.59 bits per heavy atom. The van der Waals surface area contributed by atoms with Gasteiger partial charge in [-0.05, 0) is 30.5 Å². The van der Waals surface area contributed by atoms with Gasteiger partial charge in [-0.25, -0.2) is 0 Å². The molecule has 1 aliphatic rings. The molecule has 94 valence electrons. The number of hydrogen-bond acceptors (Lipinski definition) is 1. The highest BCUT2D eigenvalue weighted by Gasteiger charge is 2.18. The molecule has 1 aromatic carbocycles. The fraction of sp³-hybridized carbons (Fsp3) is 0.571. The highest BCUT2D eigenvalue weighted by molar-refractivity contribution is 9.10. The molecule has 1 aromatic rings. The number of rotatable bonds is 3. The van der Waals surface area contributed by atoms with Gasteiger partial charge in [0.15, 0.2) is 0 Å². The Bertz CT molecular complexity index is 374. The number of benzene rings is 1. The third-order valence-corrected chi connectivity index (χ3v) is 4.74. The van der Waals surface area contributed by atoms with Crippen molar-refractivity contribution in [3.63, 3.8) is 0 Å². The third kappa shape index (κ3) is 3.17. The fourth-order valence-corrected chi connectivity index (χ4v) is 3.44. The van der Waals surface area contributed by atoms with Crippen molar-refractivity contribution in [3.8, 4) is 0 Å². The van der Waals surface area contributed by atoms with E-state index in [0.717, 1.165) is 10.0 Å². The average Bonchev–Trinajstić information content (AvgIpc) is 2.39. The number of hydrogen-bond donors (Lipinski definition) is 0. The normalized spacial score (nSPS) is 17.1. The molecule has 0 amide bonds. The van der Waals surface area contributed by atoms with Gasteiger partial charge in [0.25, 0.3) is 0 Å². The summed E-state index contributed by atoms with van der Waals surface area (Å²) in [5.41, 5.74) is 2.45. The van der Waals surface area contributed by atoms with Crippen molar-refractivity contribution in [2.45, 2.75) is 44.0 Å². The van der Waals surface area contributed by atoms with Crippen LogP contribution in [0.15, 0.2) is 22.7 Å². The predicted octanol–water partition coefficient (Wildman–Crippen LogP) is 4.96. The van der Waals surface area contributed by atoms with E-state index in [1.54, 1.807) is 0 Å². The van der Waals surface area contributed by atoms with Gasteiger partial charge in [0.05, 0.1) is 0 Å². The Hall–Kier alpha value is -0.210. The number of alkyl halides is 1. The molecule has 1 aliphatic carbocycles. The molecule has 17 heavy (non-hydrogen) atoms. The van der Waals surface area contributed by atoms with E-state index in [4.69, 9.17) is 11.6 Å². The predicted molar refractivity (Wildman–Crippen MR) is 79.0 cm³/mol. The van der Waals surface area contributed by atoms with Crippen LogP contribution >= 0.6 is 27.5 Å². The second-order valence-electron chi connectivity index (χ2n) is 4.81. The maximum atomic E-state index is 5.87. The van der Waals surface area contributed by atoms with Gasteiger partial charge in [0.2, 0.25) is 0 Å². The van der Waals surface area contributed by atoms with Gasteiger partial charge in [-0.3, -0.25) is 0 Å². The lowest BCUT2D eigenvalue weighted by atomic mass is 9.94. The van der Waals surface area contributed by atoms with Crippen molar-refractivity contribution >= 4 is 33.2 Å². The van der Waals surface area contributed by atoms with Crippen molar-refractivity contribution in [1.29, 1.82) is 0 Å². The Morgan fingerprint density at radius 1 is 1.29 bits per heavy atom. The van der Waals surface area contributed by atoms with Crippen LogP contribution in [0.25, 0.3) is 0 Å². The van der Waals surface area contributed by atoms with Gasteiger partial charge in [0.1, 0.15) is 0 Å². The SMILES string of the molecule is CN(c1ccc(CCl)c(Br)c1)C1CCCCC1. The summed E-state index contributed by atoms with van der Waals surface area (Å²) >= 11 is 9.46. The second kappa shape index (κ2) is 6.10. The summed E-state index contributed by atoms with van der Waals surface area (Å²) in [5, 5.41) is 0. The highest BCUT2D eigenvalue weighted by Crippen LogP contribution is 2.29. The average molecular weight is 317 g/mol. The smallest absolute Gasteiger partial charge is 0.0485 e. The van der Waals surface area contributed by atoms with Gasteiger partial charge in [-0.1, -0.05) is 41.3 Å². The monoisotopic (exact) mass is 315 g/mol. The lowest BCUT2D eigenvalue weighted by Crippen LogP contribution is -2.33. The minimum Gasteiger partial charge on any atom is -0.372 e. The van der Waals surface area contributed by atoms with Crippen LogP contribution in [0.2, 0.25) is 0 Å². The maximum absolute atomic E-state index is 5.87. The first-order chi connectivity index (χ1) is 8.22. The van der Waals surface area contributed by atoms with Crippen molar-refractivity contribution in [2.24, 2.45) is 0 Å². The maximum Gasteiger partial charge on any atom is 0.0485 e. The largest absolute Gasteiger partial charge is 0.372 e. The topological polar surface area (TPSA) is 3.24 Å². The molecule has 0 aromatic heterocycles. The van der Waals surface area contributed by atoms with Crippen LogP contribution in [-0.4, -0.2) is 13.1 Å². The summed E-state index contributed by atoms with van der Waals surface area (Å²) < 4.78 is 1.12. The molecule has 0 spiro atoms. The van der Waals surface area contributed by atoms with Gasteiger partial charge in [-0.15, -0.1) is 11.6 Å². The highest BCUT2D eigenvalue weighted by atomic mass is 79.9. The minimum atomic E-state index is 0.563. The van der Waals surface area contributed by atoms with Crippen LogP contribution in [0.5, 0.6) is 0 Å². The fourth-order valence-electron chi connectivity index (χ4n) is 2.54. The number of nitrogens with zero attached hydrogens (tertiary/aromatic N) is 1. The van der Waals surface area contributed by atoms with E-state index in [9.17, 15) is 0 Å². The molecule has 0 saturated heterocycles. The van der Waals surface area contributed by atoms with Crippen LogP contribution < -0.4 is 4.90 Å². The molecule has 0 aliphatic heterocycles. The van der Waals surface area contributed by atoms with E-state index in [2.05, 4.69) is 46.1 Å². The molecule has 1 saturated carbocycles. The van der Waals surface area contributed by atoms with E-state index >= 15 is 0 Å². The summed E-state index contributed by atoms with van der Waals surface area (Å²) in [6, 6.07) is 7.19. The first-order valence-electron chi connectivity index (χ1n) is 6.29. The minimum absolute atomic E-state index is 0.563. The Labute approximate surface area is 117 Å². The van der Waals surface area contributed by atoms with Gasteiger partial charge in [-0.2, -0.15) is 0 Å². The van der Waals surface area contributed by atoms with E-state index in [-0.39, 0.29) is 0 Å². The summed E-state index contributed by atoms with van der Waals surface area (Å²) in [5.74, 6) is 0.563. The van der Waals surface area contributed by atoms with E-state index in [0.29, 0.717) is 11.9 Å². The molecule has 0 N–H and O–H groups in total. The summed E-state index contributed by atoms with van der Waals surface area (Å²) in [7, 11) is 2.21. The summed E-state index contributed by atoms with van der Waals surface area (Å²) in [6.45, 7) is 0. The first kappa shape index (κ1) is 13.2. The van der Waals surface area contributed by atoms with Crippen LogP contribution in [-0.2, 0) is 5.88 Å². The van der Waals surface area contributed by atoms with Crippen LogP contribution in [0.4, 0.5) is 5.69 Å². The number of anilines is 1. The van der Waals surface area contributed by atoms with Crippen LogP contribution in [0.3, 0.4) is 0 Å². The van der Waals surface area contributed by atoms with E-state index in [1.807, 2.05) is 0 Å². The molecule has 0 radical (unpaired) electrons. The van der Waals surface area contributed by atoms with Crippen LogP contribution in [0, 0.1) is 0 Å². The number of halogens is 2. The Balaban J connectivity index is 2.12. The molecule has 0 atom stereocenters. The zero-order valence-corrected chi connectivity index (χ0v) is 12.6. The third-order valence-electron chi connectivity index (χ3n) is 3.71. The standard InChI is InChI=1S/C14H19BrClN/c1-17(12-5-3-2-4-6-12)13-8-7-11(10-16)14(15)9-13/h7-9,12H,2-6,10H2,1H3. The molecule has 0 heterocycles. The quantitative estimate of drug-likeness (QED) is 0.713. The van der Waals surface area contributed by atoms with Gasteiger partial charge in [0, 0.05) is 29.1 Å². The Morgan fingerprint density at radius 2 is 2.00 bits per heavy atom. The van der Waals surface area contributed by atoms with Crippen molar-refractivity contribution in [1.82, 2.24) is 0 Å². The molecular formula is C14H19BrClN. The molecule has 2 rings (SSSR count). The molecule has 1 fully saturated rings. The van der Waals surface area contributed by atoms with Gasteiger partial charge < -0.3 is 4.90 Å². The second-order valence-corrected chi connectivity index (χ2v) is 5.93. The zero-order chi connectivity index (χ0) is 12.3. The van der Waals surface area contributed by atoms with Gasteiger partial charge >= 0.3 is 0 Å². The molecule has 1 nitrogen and oxygen atoms in total. The van der Waals surface area contributed by atoms with Crippen molar-refractivity contribution in [2.75, 3.05) is 11.9 Å². The Kier molecular flexibility index (Phi) is 4.75.